The van der Waals surface area contributed by atoms with Crippen molar-refractivity contribution in [2.24, 2.45) is 0 Å². The molecule has 1 saturated heterocycles. The van der Waals surface area contributed by atoms with Crippen LogP contribution in [-0.2, 0) is 20.3 Å². The maximum absolute atomic E-state index is 12.7. The van der Waals surface area contributed by atoms with Gasteiger partial charge < -0.3 is 4.90 Å². The first-order valence-electron chi connectivity index (χ1n) is 5.82. The van der Waals surface area contributed by atoms with Crippen molar-refractivity contribution in [3.63, 3.8) is 0 Å². The molecular formula is C12H13ClFNO3S. The van der Waals surface area contributed by atoms with E-state index in [1.165, 1.54) is 17.0 Å². The molecule has 0 bridgehead atoms. The van der Waals surface area contributed by atoms with Crippen LogP contribution in [-0.4, -0.2) is 37.6 Å². The summed E-state index contributed by atoms with van der Waals surface area (Å²) in [4.78, 5) is 13.1. The summed E-state index contributed by atoms with van der Waals surface area (Å²) >= 11 is 0. The fourth-order valence-corrected chi connectivity index (χ4v) is 3.11. The summed E-state index contributed by atoms with van der Waals surface area (Å²) in [6, 6.07) is 6.00. The van der Waals surface area contributed by atoms with Crippen LogP contribution in [0.15, 0.2) is 24.3 Å². The molecule has 1 amide bonds. The molecule has 0 radical (unpaired) electrons. The molecule has 1 aliphatic heterocycles. The first-order valence-corrected chi connectivity index (χ1v) is 8.19. The Morgan fingerprint density at radius 2 is 1.95 bits per heavy atom. The van der Waals surface area contributed by atoms with Crippen molar-refractivity contribution in [1.82, 2.24) is 4.90 Å². The molecule has 0 N–H and O–H groups in total. The summed E-state index contributed by atoms with van der Waals surface area (Å²) < 4.78 is 35.1. The molecule has 1 aromatic carbocycles. The van der Waals surface area contributed by atoms with Crippen molar-refractivity contribution in [3.8, 4) is 0 Å². The second-order valence-electron chi connectivity index (χ2n) is 4.52. The summed E-state index contributed by atoms with van der Waals surface area (Å²) in [5.41, 5.74) is 0.895. The lowest BCUT2D eigenvalue weighted by atomic mass is 10.1. The number of rotatable bonds is 4. The second kappa shape index (κ2) is 5.46. The molecule has 2 rings (SSSR count). The third-order valence-corrected chi connectivity index (χ3v) is 5.03. The number of hydrogen-bond acceptors (Lipinski definition) is 3. The molecule has 4 nitrogen and oxygen atoms in total. The number of amides is 1. The van der Waals surface area contributed by atoms with Crippen molar-refractivity contribution in [1.29, 1.82) is 0 Å². The van der Waals surface area contributed by atoms with Crippen LogP contribution in [0.25, 0.3) is 0 Å². The first-order chi connectivity index (χ1) is 8.86. The highest BCUT2D eigenvalue weighted by atomic mass is 35.7. The molecule has 1 atom stereocenters. The maximum atomic E-state index is 12.7. The van der Waals surface area contributed by atoms with E-state index >= 15 is 0 Å². The van der Waals surface area contributed by atoms with Crippen molar-refractivity contribution >= 4 is 25.6 Å². The summed E-state index contributed by atoms with van der Waals surface area (Å²) in [6.45, 7) is 0.541. The van der Waals surface area contributed by atoms with Crippen LogP contribution in [0.4, 0.5) is 4.39 Å². The summed E-state index contributed by atoms with van der Waals surface area (Å²) in [6.07, 6.45) is 0.496. The Balaban J connectivity index is 1.94. The first kappa shape index (κ1) is 14.3. The second-order valence-corrected chi connectivity index (χ2v) is 7.43. The van der Waals surface area contributed by atoms with Gasteiger partial charge in [-0.1, -0.05) is 12.1 Å². The van der Waals surface area contributed by atoms with Gasteiger partial charge >= 0.3 is 0 Å². The number of halogens is 2. The molecule has 1 heterocycles. The zero-order valence-electron chi connectivity index (χ0n) is 10.1. The normalized spacial score (nSPS) is 20.0. The molecule has 19 heavy (non-hydrogen) atoms. The van der Waals surface area contributed by atoms with Crippen LogP contribution in [0.2, 0.25) is 0 Å². The van der Waals surface area contributed by atoms with Gasteiger partial charge in [0, 0.05) is 30.2 Å². The molecule has 0 saturated carbocycles. The van der Waals surface area contributed by atoms with E-state index in [2.05, 4.69) is 0 Å². The Hall–Kier alpha value is -1.14. The molecule has 1 unspecified atom stereocenters. The lowest BCUT2D eigenvalue weighted by Crippen LogP contribution is -2.29. The van der Waals surface area contributed by atoms with Gasteiger partial charge in [-0.3, -0.25) is 4.79 Å². The zero-order valence-corrected chi connectivity index (χ0v) is 11.6. The number of likely N-dealkylation sites (tertiary alicyclic amines) is 1. The van der Waals surface area contributed by atoms with E-state index in [0.29, 0.717) is 13.0 Å². The smallest absolute Gasteiger partial charge is 0.237 e. The van der Waals surface area contributed by atoms with E-state index in [1.807, 2.05) is 0 Å². The monoisotopic (exact) mass is 305 g/mol. The van der Waals surface area contributed by atoms with Crippen molar-refractivity contribution in [2.75, 3.05) is 13.1 Å². The number of nitrogens with zero attached hydrogens (tertiary/aromatic N) is 1. The molecule has 0 aliphatic carbocycles. The topological polar surface area (TPSA) is 54.5 Å². The lowest BCUT2D eigenvalue weighted by molar-refractivity contribution is -0.127. The van der Waals surface area contributed by atoms with Gasteiger partial charge in [0.15, 0.2) is 0 Å². The third kappa shape index (κ3) is 3.67. The fraction of sp³-hybridized carbons (Fsp3) is 0.417. The maximum Gasteiger partial charge on any atom is 0.237 e. The number of benzene rings is 1. The summed E-state index contributed by atoms with van der Waals surface area (Å²) in [7, 11) is 1.56. The lowest BCUT2D eigenvalue weighted by Gasteiger charge is -2.15. The van der Waals surface area contributed by atoms with E-state index in [4.69, 9.17) is 10.7 Å². The van der Waals surface area contributed by atoms with Crippen LogP contribution in [0.1, 0.15) is 12.0 Å². The van der Waals surface area contributed by atoms with E-state index in [-0.39, 0.29) is 24.7 Å². The Morgan fingerprint density at radius 3 is 2.47 bits per heavy atom. The van der Waals surface area contributed by atoms with Crippen molar-refractivity contribution in [3.05, 3.63) is 35.6 Å². The van der Waals surface area contributed by atoms with Crippen LogP contribution >= 0.6 is 10.7 Å². The summed E-state index contributed by atoms with van der Waals surface area (Å²) in [5, 5.41) is -0.824. The van der Waals surface area contributed by atoms with Gasteiger partial charge in [-0.2, -0.15) is 0 Å². The molecule has 0 spiro atoms. The predicted octanol–water partition coefficient (Wildman–Crippen LogP) is 1.54. The highest BCUT2D eigenvalue weighted by Gasteiger charge is 2.36. The molecule has 1 fully saturated rings. The van der Waals surface area contributed by atoms with Gasteiger partial charge in [-0.15, -0.1) is 0 Å². The highest BCUT2D eigenvalue weighted by molar-refractivity contribution is 8.14. The molecule has 7 heteroatoms. The SMILES string of the molecule is O=C1CC(S(=O)(=O)Cl)CN1CCc1ccc(F)cc1. The Labute approximate surface area is 115 Å². The van der Waals surface area contributed by atoms with Gasteiger partial charge in [0.2, 0.25) is 15.0 Å². The fourth-order valence-electron chi connectivity index (χ4n) is 2.06. The van der Waals surface area contributed by atoms with Crippen LogP contribution in [0, 0.1) is 5.82 Å². The number of carbonyl (C=O) groups excluding carboxylic acids is 1. The molecule has 1 aliphatic rings. The Morgan fingerprint density at radius 1 is 1.32 bits per heavy atom. The quantitative estimate of drug-likeness (QED) is 0.793. The molecule has 104 valence electrons. The van der Waals surface area contributed by atoms with E-state index in [0.717, 1.165) is 5.56 Å². The number of hydrogen-bond donors (Lipinski definition) is 0. The zero-order chi connectivity index (χ0) is 14.0. The number of carbonyl (C=O) groups is 1. The minimum Gasteiger partial charge on any atom is -0.341 e. The van der Waals surface area contributed by atoms with Crippen LogP contribution in [0.3, 0.4) is 0 Å². The Kier molecular flexibility index (Phi) is 4.10. The third-order valence-electron chi connectivity index (χ3n) is 3.16. The standard InChI is InChI=1S/C12H13ClFNO3S/c13-19(17,18)11-7-12(16)15(8-11)6-5-9-1-3-10(14)4-2-9/h1-4,11H,5-8H2. The summed E-state index contributed by atoms with van der Waals surface area (Å²) in [5.74, 6) is -0.523. The Bertz CT molecular complexity index is 573. The highest BCUT2D eigenvalue weighted by Crippen LogP contribution is 2.21. The van der Waals surface area contributed by atoms with Gasteiger partial charge in [-0.05, 0) is 24.1 Å². The molecule has 1 aromatic rings. The van der Waals surface area contributed by atoms with Gasteiger partial charge in [0.05, 0.1) is 0 Å². The van der Waals surface area contributed by atoms with Gasteiger partial charge in [0.25, 0.3) is 0 Å². The average molecular weight is 306 g/mol. The van der Waals surface area contributed by atoms with Crippen LogP contribution in [0.5, 0.6) is 0 Å². The van der Waals surface area contributed by atoms with E-state index in [1.54, 1.807) is 12.1 Å². The average Bonchev–Trinajstić information content (AvgIpc) is 2.70. The molecule has 0 aromatic heterocycles. The minimum atomic E-state index is -3.70. The van der Waals surface area contributed by atoms with E-state index < -0.39 is 14.3 Å². The van der Waals surface area contributed by atoms with Crippen molar-refractivity contribution in [2.45, 2.75) is 18.1 Å². The largest absolute Gasteiger partial charge is 0.341 e. The predicted molar refractivity (Wildman–Crippen MR) is 69.9 cm³/mol. The van der Waals surface area contributed by atoms with Crippen LogP contribution < -0.4 is 0 Å². The van der Waals surface area contributed by atoms with Gasteiger partial charge in [-0.25, -0.2) is 12.8 Å². The molecular weight excluding hydrogens is 293 g/mol. The van der Waals surface area contributed by atoms with Gasteiger partial charge in [0.1, 0.15) is 11.1 Å². The van der Waals surface area contributed by atoms with Crippen molar-refractivity contribution < 1.29 is 17.6 Å². The minimum absolute atomic E-state index is 0.0603. The van der Waals surface area contributed by atoms with E-state index in [9.17, 15) is 17.6 Å².